The molecule has 1 N–H and O–H groups in total. The van der Waals surface area contributed by atoms with Gasteiger partial charge in [-0.05, 0) is 39.0 Å². The molecule has 22 heavy (non-hydrogen) atoms. The molecular weight excluding hydrogens is 278 g/mol. The zero-order chi connectivity index (χ0) is 15.6. The molecule has 0 amide bonds. The summed E-state index contributed by atoms with van der Waals surface area (Å²) in [4.78, 5) is 6.72. The molecule has 1 atom stereocenters. The molecule has 0 radical (unpaired) electrons. The number of rotatable bonds is 6. The number of nitrogens with zero attached hydrogens (tertiary/aromatic N) is 2. The molecule has 5 heteroatoms. The number of hydrogen-bond donors (Lipinski definition) is 1. The minimum absolute atomic E-state index is 0.332. The van der Waals surface area contributed by atoms with E-state index in [2.05, 4.69) is 34.3 Å². The van der Waals surface area contributed by atoms with Crippen LogP contribution >= 0.6 is 0 Å². The number of piperidine rings is 1. The monoisotopic (exact) mass is 309 g/mol. The molecule has 2 aliphatic rings. The Kier molecular flexibility index (Phi) is 7.74. The molecule has 0 aromatic carbocycles. The van der Waals surface area contributed by atoms with Crippen LogP contribution in [-0.2, 0) is 9.47 Å². The molecule has 1 unspecified atom stereocenters. The SMILES string of the molecule is C/C=C/CCNC(=NC)N1CCC(OCC2CCCO2)CC1. The molecule has 5 nitrogen and oxygen atoms in total. The van der Waals surface area contributed by atoms with Gasteiger partial charge in [0.2, 0.25) is 0 Å². The predicted octanol–water partition coefficient (Wildman–Crippen LogP) is 2.19. The summed E-state index contributed by atoms with van der Waals surface area (Å²) in [5.41, 5.74) is 0. The highest BCUT2D eigenvalue weighted by atomic mass is 16.5. The fraction of sp³-hybridized carbons (Fsp3) is 0.824. The largest absolute Gasteiger partial charge is 0.376 e. The molecular formula is C17H31N3O2. The lowest BCUT2D eigenvalue weighted by Gasteiger charge is -2.34. The van der Waals surface area contributed by atoms with E-state index in [1.54, 1.807) is 0 Å². The van der Waals surface area contributed by atoms with Gasteiger partial charge in [0, 0.05) is 33.3 Å². The van der Waals surface area contributed by atoms with Crippen LogP contribution in [-0.4, -0.2) is 63.0 Å². The van der Waals surface area contributed by atoms with Crippen LogP contribution in [0.5, 0.6) is 0 Å². The molecule has 2 rings (SSSR count). The Balaban J connectivity index is 1.64. The predicted molar refractivity (Wildman–Crippen MR) is 90.3 cm³/mol. The minimum atomic E-state index is 0.332. The molecule has 2 heterocycles. The van der Waals surface area contributed by atoms with Crippen molar-refractivity contribution in [3.63, 3.8) is 0 Å². The molecule has 2 saturated heterocycles. The lowest BCUT2D eigenvalue weighted by molar-refractivity contribution is -0.0367. The van der Waals surface area contributed by atoms with Gasteiger partial charge in [-0.25, -0.2) is 0 Å². The third-order valence-electron chi connectivity index (χ3n) is 4.32. The summed E-state index contributed by atoms with van der Waals surface area (Å²) in [6.07, 6.45) is 10.5. The lowest BCUT2D eigenvalue weighted by Crippen LogP contribution is -2.47. The van der Waals surface area contributed by atoms with Crippen LogP contribution in [0.25, 0.3) is 0 Å². The van der Waals surface area contributed by atoms with Gasteiger partial charge in [0.05, 0.1) is 18.8 Å². The van der Waals surface area contributed by atoms with Crippen LogP contribution in [0.1, 0.15) is 39.0 Å². The molecule has 2 fully saturated rings. The van der Waals surface area contributed by atoms with Crippen molar-refractivity contribution >= 4 is 5.96 Å². The van der Waals surface area contributed by atoms with E-state index in [1.165, 1.54) is 6.42 Å². The Morgan fingerprint density at radius 2 is 2.18 bits per heavy atom. The van der Waals surface area contributed by atoms with Crippen molar-refractivity contribution in [2.45, 2.75) is 51.2 Å². The quantitative estimate of drug-likeness (QED) is 0.354. The number of likely N-dealkylation sites (tertiary alicyclic amines) is 1. The Labute approximate surface area is 134 Å². The summed E-state index contributed by atoms with van der Waals surface area (Å²) in [7, 11) is 1.86. The van der Waals surface area contributed by atoms with E-state index in [9.17, 15) is 0 Å². The van der Waals surface area contributed by atoms with E-state index in [4.69, 9.17) is 9.47 Å². The lowest BCUT2D eigenvalue weighted by atomic mass is 10.1. The van der Waals surface area contributed by atoms with Gasteiger partial charge in [0.1, 0.15) is 0 Å². The van der Waals surface area contributed by atoms with E-state index >= 15 is 0 Å². The fourth-order valence-electron chi connectivity index (χ4n) is 3.02. The van der Waals surface area contributed by atoms with Crippen molar-refractivity contribution in [1.29, 1.82) is 0 Å². The topological polar surface area (TPSA) is 46.1 Å². The molecule has 0 bridgehead atoms. The number of allylic oxidation sites excluding steroid dienone is 1. The van der Waals surface area contributed by atoms with Crippen molar-refractivity contribution in [3.05, 3.63) is 12.2 Å². The summed E-state index contributed by atoms with van der Waals surface area (Å²) < 4.78 is 11.6. The number of ether oxygens (including phenoxy) is 2. The molecule has 0 saturated carbocycles. The number of guanidine groups is 1. The van der Waals surface area contributed by atoms with Gasteiger partial charge < -0.3 is 19.7 Å². The normalized spacial score (nSPS) is 24.4. The van der Waals surface area contributed by atoms with Gasteiger partial charge in [-0.1, -0.05) is 12.2 Å². The van der Waals surface area contributed by atoms with Gasteiger partial charge in [-0.3, -0.25) is 4.99 Å². The Morgan fingerprint density at radius 3 is 2.82 bits per heavy atom. The van der Waals surface area contributed by atoms with Crippen LogP contribution in [0, 0.1) is 0 Å². The number of hydrogen-bond acceptors (Lipinski definition) is 3. The zero-order valence-electron chi connectivity index (χ0n) is 14.1. The first-order chi connectivity index (χ1) is 10.8. The van der Waals surface area contributed by atoms with E-state index in [1.807, 2.05) is 7.05 Å². The van der Waals surface area contributed by atoms with Crippen LogP contribution in [0.4, 0.5) is 0 Å². The van der Waals surface area contributed by atoms with Gasteiger partial charge in [-0.15, -0.1) is 0 Å². The zero-order valence-corrected chi connectivity index (χ0v) is 14.1. The molecule has 126 valence electrons. The van der Waals surface area contributed by atoms with E-state index in [0.717, 1.165) is 64.5 Å². The average molecular weight is 309 g/mol. The van der Waals surface area contributed by atoms with Crippen molar-refractivity contribution in [2.24, 2.45) is 4.99 Å². The van der Waals surface area contributed by atoms with Crippen molar-refractivity contribution < 1.29 is 9.47 Å². The maximum Gasteiger partial charge on any atom is 0.193 e. The van der Waals surface area contributed by atoms with Crippen LogP contribution in [0.15, 0.2) is 17.1 Å². The summed E-state index contributed by atoms with van der Waals surface area (Å²) in [6.45, 7) is 6.68. The summed E-state index contributed by atoms with van der Waals surface area (Å²) in [5.74, 6) is 1.02. The Morgan fingerprint density at radius 1 is 1.36 bits per heavy atom. The maximum atomic E-state index is 6.02. The highest BCUT2D eigenvalue weighted by molar-refractivity contribution is 5.79. The second-order valence-corrected chi connectivity index (χ2v) is 5.99. The van der Waals surface area contributed by atoms with E-state index < -0.39 is 0 Å². The molecule has 0 spiro atoms. The highest BCUT2D eigenvalue weighted by Crippen LogP contribution is 2.17. The number of nitrogens with one attached hydrogen (secondary N) is 1. The van der Waals surface area contributed by atoms with E-state index in [-0.39, 0.29) is 0 Å². The van der Waals surface area contributed by atoms with Crippen LogP contribution < -0.4 is 5.32 Å². The first-order valence-corrected chi connectivity index (χ1v) is 8.63. The van der Waals surface area contributed by atoms with Crippen LogP contribution in [0.3, 0.4) is 0 Å². The smallest absolute Gasteiger partial charge is 0.193 e. The van der Waals surface area contributed by atoms with Crippen LogP contribution in [0.2, 0.25) is 0 Å². The van der Waals surface area contributed by atoms with Gasteiger partial charge in [-0.2, -0.15) is 0 Å². The van der Waals surface area contributed by atoms with Gasteiger partial charge in [0.25, 0.3) is 0 Å². The fourth-order valence-corrected chi connectivity index (χ4v) is 3.02. The molecule has 0 aromatic rings. The Bertz CT molecular complexity index is 357. The summed E-state index contributed by atoms with van der Waals surface area (Å²) >= 11 is 0. The molecule has 0 aromatic heterocycles. The minimum Gasteiger partial charge on any atom is -0.376 e. The van der Waals surface area contributed by atoms with E-state index in [0.29, 0.717) is 12.2 Å². The molecule has 0 aliphatic carbocycles. The average Bonchev–Trinajstić information content (AvgIpc) is 3.07. The second-order valence-electron chi connectivity index (χ2n) is 5.99. The van der Waals surface area contributed by atoms with Crippen molar-refractivity contribution in [1.82, 2.24) is 10.2 Å². The van der Waals surface area contributed by atoms with Crippen molar-refractivity contribution in [3.8, 4) is 0 Å². The standard InChI is InChI=1S/C17H31N3O2/c1-3-4-5-10-19-17(18-2)20-11-8-15(9-12-20)22-14-16-7-6-13-21-16/h3-4,15-16H,5-14H2,1-2H3,(H,18,19)/b4-3+. The third-order valence-corrected chi connectivity index (χ3v) is 4.32. The highest BCUT2D eigenvalue weighted by Gasteiger charge is 2.23. The summed E-state index contributed by atoms with van der Waals surface area (Å²) in [6, 6.07) is 0. The second kappa shape index (κ2) is 9.85. The third kappa shape index (κ3) is 5.61. The molecule has 2 aliphatic heterocycles. The Hall–Kier alpha value is -1.07. The van der Waals surface area contributed by atoms with Gasteiger partial charge >= 0.3 is 0 Å². The first kappa shape index (κ1) is 17.3. The number of aliphatic imine (C=N–C) groups is 1. The maximum absolute atomic E-state index is 6.02. The van der Waals surface area contributed by atoms with Crippen molar-refractivity contribution in [2.75, 3.05) is 39.9 Å². The summed E-state index contributed by atoms with van der Waals surface area (Å²) in [5, 5.41) is 3.43. The first-order valence-electron chi connectivity index (χ1n) is 8.63. The van der Waals surface area contributed by atoms with Gasteiger partial charge in [0.15, 0.2) is 5.96 Å².